The lowest BCUT2D eigenvalue weighted by atomic mass is 9.95. The average Bonchev–Trinajstić information content (AvgIpc) is 0.762. The number of fused-ring (bicyclic) bond motifs is 3. The summed E-state index contributed by atoms with van der Waals surface area (Å²) in [5.41, 5.74) is 0. The Hall–Kier alpha value is -2.84. The summed E-state index contributed by atoms with van der Waals surface area (Å²) in [6.45, 7) is 14.5. The molecule has 8 N–H and O–H groups in total. The lowest BCUT2D eigenvalue weighted by Gasteiger charge is -2.51. The molecule has 6 rings (SSSR count). The van der Waals surface area contributed by atoms with E-state index in [0.717, 1.165) is 141 Å². The minimum atomic E-state index is -2.06. The molecule has 726 valence electrons. The van der Waals surface area contributed by atoms with E-state index >= 15 is 0 Å². The molecule has 6 heterocycles. The fraction of sp³-hybridized carbons (Fsp3) is 0.959. The molecule has 0 unspecified atom stereocenters. The predicted octanol–water partition coefficient (Wildman–Crippen LogP) is 17.9. The van der Waals surface area contributed by atoms with Crippen LogP contribution in [0, 0.1) is 0 Å². The smallest absolute Gasteiger partial charge is 0.306 e. The SMILES string of the molecule is CCCCCCCCCCCCCCCCCCCC(=O)OC[C@@H]1O[C@H](O[C@H]2[C@H](OC(=O)CCCCCCCCCCCCCCC)[C@@H](O[C@H]3[C@@H]4OC(=O)CCCCCCCCC[C@@H](CCCCC)O[C@@H]5O[C@H](C)[C@@H](O)[C@H](O)[C@H]5O[C@@H](O[C@H]3C)[C@H]4O)O[C@@H](C)[C@@H]2O[C@H]2O[C@@H](C)[C@H](OC(=O)CCCCCCCCCCCCCCC)[C@@H](O)[C@@H]2O)[C@@H](O)[C@H](O)[C@H]1O. The first-order valence-corrected chi connectivity index (χ1v) is 50.9. The van der Waals surface area contributed by atoms with Crippen molar-refractivity contribution in [2.45, 2.75) is 594 Å². The summed E-state index contributed by atoms with van der Waals surface area (Å²) in [6, 6.07) is 0. The van der Waals surface area contributed by atoms with Crippen molar-refractivity contribution in [3.63, 3.8) is 0 Å². The molecule has 0 amide bonds. The van der Waals surface area contributed by atoms with Gasteiger partial charge in [0.2, 0.25) is 0 Å². The fourth-order valence-corrected chi connectivity index (χ4v) is 18.4. The quantitative estimate of drug-likeness (QED) is 0.0159. The standard InChI is InChI=1S/C98H178O26/c1-9-13-17-20-23-26-29-32-33-34-35-38-39-42-47-52-58-64-75(99)111-68-74-80(104)81(105)84(108)95(117-74)124-92-89(121-94-85(109)83(107)87(70(6)113-94)118-76(100)65-59-53-48-43-40-36-30-27-24-21-18-14-10-2)72(8)115-98(93(92)120-78(102)67-61-54-49-44-41-37-31-28-25-22-19-15-11-3)122-88-71(7)114-96-86(110)90(88)119-77(101)66-60-55-50-45-46-51-57-63-73(62-56-16-12-4)116-97-91(123-96)82(106)79(103)69(5)112-97/h69-74,79-98,103-110H,9-68H2,1-8H3/t69-,70+,71+,72+,73-,74+,79-,80+,81-,82+,83+,84+,85+,86+,87+,88-,89+,90-,91-,92-,93+,94-,95-,96-,97+,98-/m1/s1. The van der Waals surface area contributed by atoms with E-state index in [9.17, 15) is 60.0 Å². The molecular formula is C98H178O26. The van der Waals surface area contributed by atoms with Gasteiger partial charge in [-0.3, -0.25) is 19.2 Å². The van der Waals surface area contributed by atoms with E-state index < -0.39 is 184 Å². The molecular weight excluding hydrogens is 1590 g/mol. The first kappa shape index (κ1) is 110. The van der Waals surface area contributed by atoms with E-state index in [1.807, 2.05) is 0 Å². The van der Waals surface area contributed by atoms with Crippen LogP contribution in [0.2, 0.25) is 0 Å². The van der Waals surface area contributed by atoms with Crippen LogP contribution in [0.5, 0.6) is 0 Å². The molecule has 0 spiro atoms. The average molecular weight is 1770 g/mol. The van der Waals surface area contributed by atoms with Crippen LogP contribution in [0.3, 0.4) is 0 Å². The Morgan fingerprint density at radius 3 is 1.18 bits per heavy atom. The molecule has 0 radical (unpaired) electrons. The van der Waals surface area contributed by atoms with Crippen molar-refractivity contribution in [2.24, 2.45) is 0 Å². The molecule has 6 aliphatic heterocycles. The van der Waals surface area contributed by atoms with E-state index in [0.29, 0.717) is 44.9 Å². The summed E-state index contributed by atoms with van der Waals surface area (Å²) in [4.78, 5) is 56.3. The molecule has 6 fully saturated rings. The highest BCUT2D eigenvalue weighted by Crippen LogP contribution is 2.40. The number of unbranched alkanes of at least 4 members (excludes halogenated alkanes) is 42. The van der Waals surface area contributed by atoms with Gasteiger partial charge in [0.25, 0.3) is 0 Å². The monoisotopic (exact) mass is 1770 g/mol. The number of carbonyl (C=O) groups is 4. The Morgan fingerprint density at radius 2 is 0.685 bits per heavy atom. The van der Waals surface area contributed by atoms with Gasteiger partial charge >= 0.3 is 23.9 Å². The summed E-state index contributed by atoms with van der Waals surface area (Å²) >= 11 is 0. The second kappa shape index (κ2) is 65.7. The molecule has 26 atom stereocenters. The summed E-state index contributed by atoms with van der Waals surface area (Å²) in [5, 5.41) is 95.7. The highest BCUT2D eigenvalue weighted by molar-refractivity contribution is 5.70. The number of aliphatic hydroxyl groups is 8. The minimum absolute atomic E-state index is 0.0498. The van der Waals surface area contributed by atoms with Crippen molar-refractivity contribution in [1.29, 1.82) is 0 Å². The molecule has 26 heteroatoms. The third-order valence-electron chi connectivity index (χ3n) is 26.4. The zero-order valence-corrected chi connectivity index (χ0v) is 78.4. The third-order valence-corrected chi connectivity index (χ3v) is 26.4. The first-order valence-electron chi connectivity index (χ1n) is 50.9. The predicted molar refractivity (Wildman–Crippen MR) is 474 cm³/mol. The molecule has 0 aliphatic carbocycles. The zero-order chi connectivity index (χ0) is 89.6. The molecule has 26 nitrogen and oxygen atoms in total. The Kier molecular flexibility index (Phi) is 58.2. The molecule has 0 saturated carbocycles. The molecule has 0 aromatic rings. The summed E-state index contributed by atoms with van der Waals surface area (Å²) < 4.78 is 90.7. The second-order valence-electron chi connectivity index (χ2n) is 37.4. The van der Waals surface area contributed by atoms with Crippen molar-refractivity contribution < 1.29 is 126 Å². The van der Waals surface area contributed by atoms with Crippen molar-refractivity contribution >= 4 is 23.9 Å². The molecule has 0 aromatic heterocycles. The van der Waals surface area contributed by atoms with E-state index in [-0.39, 0.29) is 31.8 Å². The largest absolute Gasteiger partial charge is 0.463 e. The highest BCUT2D eigenvalue weighted by atomic mass is 16.8. The van der Waals surface area contributed by atoms with Gasteiger partial charge in [0.15, 0.2) is 49.8 Å². The van der Waals surface area contributed by atoms with Crippen LogP contribution in [0.4, 0.5) is 0 Å². The van der Waals surface area contributed by atoms with Gasteiger partial charge in [0, 0.05) is 25.7 Å². The molecule has 0 aromatic carbocycles. The number of carbonyl (C=O) groups excluding carboxylic acids is 4. The van der Waals surface area contributed by atoms with Gasteiger partial charge in [-0.05, 0) is 66.2 Å². The molecule has 2 bridgehead atoms. The summed E-state index contributed by atoms with van der Waals surface area (Å²) in [7, 11) is 0. The number of hydrogen-bond donors (Lipinski definition) is 8. The Bertz CT molecular complexity index is 2700. The molecule has 6 saturated heterocycles. The number of aliphatic hydroxyl groups excluding tert-OH is 8. The number of rotatable bonds is 60. The fourth-order valence-electron chi connectivity index (χ4n) is 18.4. The van der Waals surface area contributed by atoms with Crippen LogP contribution in [-0.2, 0) is 85.5 Å². The maximum atomic E-state index is 14.9. The van der Waals surface area contributed by atoms with Gasteiger partial charge in [-0.1, -0.05) is 342 Å². The van der Waals surface area contributed by atoms with Crippen molar-refractivity contribution in [2.75, 3.05) is 6.61 Å². The summed E-state index contributed by atoms with van der Waals surface area (Å²) in [6.07, 6.45) is 17.7. The van der Waals surface area contributed by atoms with E-state index in [1.165, 1.54) is 174 Å². The lowest BCUT2D eigenvalue weighted by Crippen LogP contribution is -2.68. The maximum Gasteiger partial charge on any atom is 0.306 e. The van der Waals surface area contributed by atoms with E-state index in [1.54, 1.807) is 20.8 Å². The minimum Gasteiger partial charge on any atom is -0.463 e. The first-order chi connectivity index (χ1) is 60.1. The van der Waals surface area contributed by atoms with Crippen molar-refractivity contribution in [1.82, 2.24) is 0 Å². The second-order valence-corrected chi connectivity index (χ2v) is 37.4. The number of hydrogen-bond acceptors (Lipinski definition) is 26. The van der Waals surface area contributed by atoms with Gasteiger partial charge < -0.3 is 107 Å². The third kappa shape index (κ3) is 41.5. The maximum absolute atomic E-state index is 14.9. The van der Waals surface area contributed by atoms with Crippen molar-refractivity contribution in [3.8, 4) is 0 Å². The van der Waals surface area contributed by atoms with Crippen LogP contribution in [0.15, 0.2) is 0 Å². The van der Waals surface area contributed by atoms with Gasteiger partial charge in [-0.15, -0.1) is 0 Å². The highest BCUT2D eigenvalue weighted by Gasteiger charge is 2.59. The van der Waals surface area contributed by atoms with Crippen LogP contribution >= 0.6 is 0 Å². The Balaban J connectivity index is 1.27. The van der Waals surface area contributed by atoms with Crippen LogP contribution in [-0.4, -0.2) is 231 Å². The van der Waals surface area contributed by atoms with Gasteiger partial charge in [0.1, 0.15) is 86.0 Å². The van der Waals surface area contributed by atoms with Gasteiger partial charge in [-0.25, -0.2) is 0 Å². The van der Waals surface area contributed by atoms with Crippen molar-refractivity contribution in [3.05, 3.63) is 0 Å². The van der Waals surface area contributed by atoms with Crippen LogP contribution < -0.4 is 0 Å². The normalized spacial score (nSPS) is 32.5. The summed E-state index contributed by atoms with van der Waals surface area (Å²) in [5.74, 6) is -2.62. The topological polar surface area (TPSA) is 359 Å². The van der Waals surface area contributed by atoms with E-state index in [2.05, 4.69) is 27.7 Å². The Morgan fingerprint density at radius 1 is 0.306 bits per heavy atom. The van der Waals surface area contributed by atoms with Gasteiger partial charge in [0.05, 0.1) is 30.5 Å². The van der Waals surface area contributed by atoms with E-state index in [4.69, 9.17) is 66.3 Å². The molecule has 6 aliphatic rings. The number of esters is 4. The van der Waals surface area contributed by atoms with Gasteiger partial charge in [-0.2, -0.15) is 0 Å². The lowest BCUT2D eigenvalue weighted by molar-refractivity contribution is -0.400. The molecule has 124 heavy (non-hydrogen) atoms. The van der Waals surface area contributed by atoms with Crippen LogP contribution in [0.1, 0.15) is 434 Å². The van der Waals surface area contributed by atoms with Crippen LogP contribution in [0.25, 0.3) is 0 Å². The number of ether oxygens (including phenoxy) is 14. The Labute approximate surface area is 747 Å². The zero-order valence-electron chi connectivity index (χ0n) is 78.4.